The highest BCUT2D eigenvalue weighted by molar-refractivity contribution is 7.21. The van der Waals surface area contributed by atoms with E-state index in [2.05, 4.69) is 4.74 Å². The van der Waals surface area contributed by atoms with Crippen LogP contribution in [-0.4, -0.2) is 37.0 Å². The number of aryl methyl sites for hydroxylation is 1. The summed E-state index contributed by atoms with van der Waals surface area (Å²) < 4.78 is 5.76. The molecular formula is C16H19NO3S. The van der Waals surface area contributed by atoms with Crippen molar-refractivity contribution in [2.75, 3.05) is 20.2 Å². The van der Waals surface area contributed by atoms with Gasteiger partial charge in [-0.05, 0) is 30.4 Å². The minimum Gasteiger partial charge on any atom is -0.468 e. The van der Waals surface area contributed by atoms with Gasteiger partial charge in [0.1, 0.15) is 6.54 Å². The van der Waals surface area contributed by atoms with Gasteiger partial charge in [0.25, 0.3) is 5.91 Å². The second kappa shape index (κ2) is 6.72. The van der Waals surface area contributed by atoms with Crippen molar-refractivity contribution < 1.29 is 14.3 Å². The number of carbonyl (C=O) groups is 2. The standard InChI is InChI=1S/C16H19NO3S/c1-4-9-17(10-14(18)20-3)16(19)15-11(2)12-7-5-6-8-13(12)21-15/h5-8H,4,9-10H2,1-3H3. The Kier molecular flexibility index (Phi) is 4.96. The molecule has 0 fully saturated rings. The molecule has 21 heavy (non-hydrogen) atoms. The summed E-state index contributed by atoms with van der Waals surface area (Å²) >= 11 is 1.48. The predicted octanol–water partition coefficient (Wildman–Crippen LogP) is 3.23. The largest absolute Gasteiger partial charge is 0.468 e. The topological polar surface area (TPSA) is 46.6 Å². The van der Waals surface area contributed by atoms with E-state index in [1.807, 2.05) is 38.1 Å². The van der Waals surface area contributed by atoms with E-state index in [1.165, 1.54) is 18.4 Å². The molecule has 0 unspecified atom stereocenters. The molecule has 5 heteroatoms. The van der Waals surface area contributed by atoms with Crippen molar-refractivity contribution in [2.24, 2.45) is 0 Å². The molecule has 0 atom stereocenters. The van der Waals surface area contributed by atoms with Crippen LogP contribution in [0.3, 0.4) is 0 Å². The summed E-state index contributed by atoms with van der Waals surface area (Å²) in [7, 11) is 1.33. The molecular weight excluding hydrogens is 286 g/mol. The number of carbonyl (C=O) groups excluding carboxylic acids is 2. The lowest BCUT2D eigenvalue weighted by Crippen LogP contribution is -2.36. The van der Waals surface area contributed by atoms with Gasteiger partial charge in [-0.25, -0.2) is 0 Å². The Labute approximate surface area is 128 Å². The van der Waals surface area contributed by atoms with Gasteiger partial charge in [0.2, 0.25) is 0 Å². The smallest absolute Gasteiger partial charge is 0.325 e. The number of thiophene rings is 1. The quantitative estimate of drug-likeness (QED) is 0.797. The normalized spacial score (nSPS) is 10.6. The molecule has 0 saturated heterocycles. The van der Waals surface area contributed by atoms with E-state index in [0.29, 0.717) is 11.4 Å². The highest BCUT2D eigenvalue weighted by atomic mass is 32.1. The first-order valence-electron chi connectivity index (χ1n) is 6.92. The van der Waals surface area contributed by atoms with Crippen molar-refractivity contribution in [3.8, 4) is 0 Å². The number of nitrogens with zero attached hydrogens (tertiary/aromatic N) is 1. The van der Waals surface area contributed by atoms with Crippen LogP contribution >= 0.6 is 11.3 Å². The Morgan fingerprint density at radius 2 is 2.00 bits per heavy atom. The lowest BCUT2D eigenvalue weighted by molar-refractivity contribution is -0.141. The summed E-state index contributed by atoms with van der Waals surface area (Å²) in [5, 5.41) is 1.10. The number of esters is 1. The zero-order chi connectivity index (χ0) is 15.4. The van der Waals surface area contributed by atoms with Gasteiger partial charge in [0.05, 0.1) is 12.0 Å². The third-order valence-corrected chi connectivity index (χ3v) is 4.63. The van der Waals surface area contributed by atoms with E-state index in [9.17, 15) is 9.59 Å². The van der Waals surface area contributed by atoms with Crippen LogP contribution in [0, 0.1) is 6.92 Å². The summed E-state index contributed by atoms with van der Waals surface area (Å²) in [6.07, 6.45) is 0.798. The maximum atomic E-state index is 12.7. The van der Waals surface area contributed by atoms with Crippen molar-refractivity contribution in [3.05, 3.63) is 34.7 Å². The Morgan fingerprint density at radius 1 is 1.29 bits per heavy atom. The minimum atomic E-state index is -0.393. The second-order valence-corrected chi connectivity index (χ2v) is 5.91. The van der Waals surface area contributed by atoms with Gasteiger partial charge >= 0.3 is 5.97 Å². The molecule has 1 heterocycles. The van der Waals surface area contributed by atoms with Crippen molar-refractivity contribution in [1.29, 1.82) is 0 Å². The van der Waals surface area contributed by atoms with Gasteiger partial charge < -0.3 is 9.64 Å². The molecule has 0 aliphatic rings. The van der Waals surface area contributed by atoms with Crippen LogP contribution in [0.5, 0.6) is 0 Å². The van der Waals surface area contributed by atoms with Crippen LogP contribution in [0.1, 0.15) is 28.6 Å². The highest BCUT2D eigenvalue weighted by Gasteiger charge is 2.22. The van der Waals surface area contributed by atoms with Gasteiger partial charge in [-0.15, -0.1) is 11.3 Å². The molecule has 112 valence electrons. The van der Waals surface area contributed by atoms with Gasteiger partial charge in [0, 0.05) is 11.2 Å². The third kappa shape index (κ3) is 3.24. The minimum absolute atomic E-state index is 0.00312. The van der Waals surface area contributed by atoms with E-state index in [-0.39, 0.29) is 12.5 Å². The number of hydrogen-bond donors (Lipinski definition) is 0. The molecule has 0 N–H and O–H groups in total. The van der Waals surface area contributed by atoms with Crippen LogP contribution in [0.25, 0.3) is 10.1 Å². The van der Waals surface area contributed by atoms with Gasteiger partial charge in [-0.2, -0.15) is 0 Å². The first kappa shape index (κ1) is 15.5. The maximum absolute atomic E-state index is 12.7. The number of methoxy groups -OCH3 is 1. The van der Waals surface area contributed by atoms with Crippen LogP contribution in [-0.2, 0) is 9.53 Å². The fourth-order valence-electron chi connectivity index (χ4n) is 2.26. The first-order valence-corrected chi connectivity index (χ1v) is 7.74. The fraction of sp³-hybridized carbons (Fsp3) is 0.375. The van der Waals surface area contributed by atoms with E-state index in [4.69, 9.17) is 0 Å². The van der Waals surface area contributed by atoms with Crippen LogP contribution in [0.4, 0.5) is 0 Å². The molecule has 1 aromatic heterocycles. The average Bonchev–Trinajstić information content (AvgIpc) is 2.83. The summed E-state index contributed by atoms with van der Waals surface area (Å²) in [5.74, 6) is -0.489. The number of amides is 1. The molecule has 0 radical (unpaired) electrons. The summed E-state index contributed by atoms with van der Waals surface area (Å²) in [5.41, 5.74) is 0.978. The summed E-state index contributed by atoms with van der Waals surface area (Å²) in [4.78, 5) is 26.4. The Bertz CT molecular complexity index is 663. The Morgan fingerprint density at radius 3 is 2.62 bits per heavy atom. The van der Waals surface area contributed by atoms with Gasteiger partial charge in [0.15, 0.2) is 0 Å². The highest BCUT2D eigenvalue weighted by Crippen LogP contribution is 2.31. The van der Waals surface area contributed by atoms with E-state index >= 15 is 0 Å². The zero-order valence-electron chi connectivity index (χ0n) is 12.5. The first-order chi connectivity index (χ1) is 10.1. The van der Waals surface area contributed by atoms with E-state index < -0.39 is 5.97 Å². The molecule has 0 spiro atoms. The maximum Gasteiger partial charge on any atom is 0.325 e. The van der Waals surface area contributed by atoms with Gasteiger partial charge in [-0.1, -0.05) is 25.1 Å². The molecule has 0 bridgehead atoms. The SMILES string of the molecule is CCCN(CC(=O)OC)C(=O)c1sc2ccccc2c1C. The molecule has 0 aliphatic carbocycles. The van der Waals surface area contributed by atoms with Crippen molar-refractivity contribution in [1.82, 2.24) is 4.90 Å². The lowest BCUT2D eigenvalue weighted by Gasteiger charge is -2.20. The molecule has 2 aromatic rings. The van der Waals surface area contributed by atoms with Crippen molar-refractivity contribution >= 4 is 33.3 Å². The van der Waals surface area contributed by atoms with Gasteiger partial charge in [-0.3, -0.25) is 9.59 Å². The fourth-order valence-corrected chi connectivity index (χ4v) is 3.44. The molecule has 2 rings (SSSR count). The van der Waals surface area contributed by atoms with E-state index in [0.717, 1.165) is 22.1 Å². The molecule has 0 saturated carbocycles. The number of rotatable bonds is 5. The average molecular weight is 305 g/mol. The summed E-state index contributed by atoms with van der Waals surface area (Å²) in [6.45, 7) is 4.47. The number of fused-ring (bicyclic) bond motifs is 1. The Hall–Kier alpha value is -1.88. The number of benzene rings is 1. The lowest BCUT2D eigenvalue weighted by atomic mass is 10.1. The Balaban J connectivity index is 2.34. The molecule has 1 amide bonds. The predicted molar refractivity (Wildman–Crippen MR) is 84.8 cm³/mol. The second-order valence-electron chi connectivity index (χ2n) is 4.86. The van der Waals surface area contributed by atoms with Crippen LogP contribution < -0.4 is 0 Å². The van der Waals surface area contributed by atoms with Crippen LogP contribution in [0.2, 0.25) is 0 Å². The monoisotopic (exact) mass is 305 g/mol. The van der Waals surface area contributed by atoms with Crippen molar-refractivity contribution in [3.63, 3.8) is 0 Å². The molecule has 4 nitrogen and oxygen atoms in total. The van der Waals surface area contributed by atoms with E-state index in [1.54, 1.807) is 4.90 Å². The van der Waals surface area contributed by atoms with Crippen molar-refractivity contribution in [2.45, 2.75) is 20.3 Å². The molecule has 1 aromatic carbocycles. The third-order valence-electron chi connectivity index (χ3n) is 3.37. The number of hydrogen-bond acceptors (Lipinski definition) is 4. The number of ether oxygens (including phenoxy) is 1. The molecule has 0 aliphatic heterocycles. The summed E-state index contributed by atoms with van der Waals surface area (Å²) in [6, 6.07) is 7.95. The zero-order valence-corrected chi connectivity index (χ0v) is 13.3. The van der Waals surface area contributed by atoms with Crippen LogP contribution in [0.15, 0.2) is 24.3 Å².